The SMILES string of the molecule is NCCN(c1ccc2nccnc2n1)C1CCCC1. The van der Waals surface area contributed by atoms with E-state index in [1.54, 1.807) is 12.4 Å². The smallest absolute Gasteiger partial charge is 0.180 e. The van der Waals surface area contributed by atoms with Crippen LogP contribution < -0.4 is 10.6 Å². The van der Waals surface area contributed by atoms with Gasteiger partial charge in [-0.3, -0.25) is 4.98 Å². The summed E-state index contributed by atoms with van der Waals surface area (Å²) < 4.78 is 0. The number of pyridine rings is 1. The van der Waals surface area contributed by atoms with Crippen molar-refractivity contribution in [2.45, 2.75) is 31.7 Å². The van der Waals surface area contributed by atoms with Crippen LogP contribution in [-0.4, -0.2) is 34.1 Å². The van der Waals surface area contributed by atoms with E-state index in [1.807, 2.05) is 12.1 Å². The van der Waals surface area contributed by atoms with Gasteiger partial charge in [-0.2, -0.15) is 0 Å². The molecule has 0 radical (unpaired) electrons. The lowest BCUT2D eigenvalue weighted by molar-refractivity contribution is 0.603. The van der Waals surface area contributed by atoms with Crippen LogP contribution in [-0.2, 0) is 0 Å². The molecule has 5 nitrogen and oxygen atoms in total. The quantitative estimate of drug-likeness (QED) is 0.903. The van der Waals surface area contributed by atoms with Gasteiger partial charge in [0.25, 0.3) is 0 Å². The Morgan fingerprint density at radius 2 is 1.95 bits per heavy atom. The Hall–Kier alpha value is -1.75. The summed E-state index contributed by atoms with van der Waals surface area (Å²) in [6, 6.07) is 4.60. The molecule has 0 amide bonds. The first-order valence-electron chi connectivity index (χ1n) is 6.93. The van der Waals surface area contributed by atoms with E-state index in [4.69, 9.17) is 5.73 Å². The lowest BCUT2D eigenvalue weighted by atomic mass is 10.2. The second-order valence-electron chi connectivity index (χ2n) is 4.99. The van der Waals surface area contributed by atoms with Crippen LogP contribution in [0.15, 0.2) is 24.5 Å². The summed E-state index contributed by atoms with van der Waals surface area (Å²) in [4.78, 5) is 15.5. The molecule has 100 valence electrons. The van der Waals surface area contributed by atoms with E-state index in [9.17, 15) is 0 Å². The van der Waals surface area contributed by atoms with Gasteiger partial charge in [0.05, 0.1) is 0 Å². The fourth-order valence-corrected chi connectivity index (χ4v) is 2.84. The van der Waals surface area contributed by atoms with Crippen molar-refractivity contribution in [1.29, 1.82) is 0 Å². The topological polar surface area (TPSA) is 67.9 Å². The predicted molar refractivity (Wildman–Crippen MR) is 76.0 cm³/mol. The Labute approximate surface area is 112 Å². The number of hydrogen-bond donors (Lipinski definition) is 1. The standard InChI is InChI=1S/C14H19N5/c15-7-10-19(11-3-1-2-4-11)13-6-5-12-14(18-13)17-9-8-16-12/h5-6,8-9,11H,1-4,7,10,15H2. The highest BCUT2D eigenvalue weighted by Gasteiger charge is 2.23. The first kappa shape index (κ1) is 12.3. The van der Waals surface area contributed by atoms with Crippen LogP contribution in [0.3, 0.4) is 0 Å². The number of aromatic nitrogens is 3. The molecule has 0 unspecified atom stereocenters. The van der Waals surface area contributed by atoms with Crippen molar-refractivity contribution in [2.24, 2.45) is 5.73 Å². The minimum absolute atomic E-state index is 0.574. The minimum atomic E-state index is 0.574. The Morgan fingerprint density at radius 3 is 2.74 bits per heavy atom. The Bertz CT molecular complexity index is 550. The molecule has 2 aromatic heterocycles. The molecule has 0 aromatic carbocycles. The molecule has 2 aromatic rings. The van der Waals surface area contributed by atoms with E-state index in [1.165, 1.54) is 25.7 Å². The fourth-order valence-electron chi connectivity index (χ4n) is 2.84. The number of anilines is 1. The largest absolute Gasteiger partial charge is 0.352 e. The van der Waals surface area contributed by atoms with E-state index in [0.717, 1.165) is 17.9 Å². The van der Waals surface area contributed by atoms with Crippen LogP contribution in [0.4, 0.5) is 5.82 Å². The molecule has 3 rings (SSSR count). The van der Waals surface area contributed by atoms with Gasteiger partial charge < -0.3 is 10.6 Å². The van der Waals surface area contributed by atoms with Crippen LogP contribution in [0.25, 0.3) is 11.2 Å². The van der Waals surface area contributed by atoms with E-state index in [2.05, 4.69) is 19.9 Å². The Balaban J connectivity index is 1.94. The van der Waals surface area contributed by atoms with E-state index in [0.29, 0.717) is 18.2 Å². The molecule has 0 aliphatic heterocycles. The average molecular weight is 257 g/mol. The van der Waals surface area contributed by atoms with Gasteiger partial charge in [-0.05, 0) is 25.0 Å². The lowest BCUT2D eigenvalue weighted by Gasteiger charge is -2.29. The highest BCUT2D eigenvalue weighted by molar-refractivity contribution is 5.71. The number of fused-ring (bicyclic) bond motifs is 1. The molecule has 2 N–H and O–H groups in total. The summed E-state index contributed by atoms with van der Waals surface area (Å²) in [5.41, 5.74) is 7.30. The van der Waals surface area contributed by atoms with Gasteiger partial charge in [-0.1, -0.05) is 12.8 Å². The molecular weight excluding hydrogens is 238 g/mol. The zero-order chi connectivity index (χ0) is 13.1. The molecule has 0 spiro atoms. The number of nitrogens with zero attached hydrogens (tertiary/aromatic N) is 4. The number of nitrogens with two attached hydrogens (primary N) is 1. The maximum atomic E-state index is 5.75. The first-order chi connectivity index (χ1) is 9.38. The number of rotatable bonds is 4. The van der Waals surface area contributed by atoms with Crippen molar-refractivity contribution in [3.8, 4) is 0 Å². The van der Waals surface area contributed by atoms with Gasteiger partial charge in [0, 0.05) is 31.5 Å². The maximum absolute atomic E-state index is 5.75. The molecule has 1 aliphatic rings. The Kier molecular flexibility index (Phi) is 3.55. The molecule has 1 aliphatic carbocycles. The highest BCUT2D eigenvalue weighted by Crippen LogP contribution is 2.27. The second-order valence-corrected chi connectivity index (χ2v) is 4.99. The molecule has 5 heteroatoms. The monoisotopic (exact) mass is 257 g/mol. The summed E-state index contributed by atoms with van der Waals surface area (Å²) >= 11 is 0. The predicted octanol–water partition coefficient (Wildman–Crippen LogP) is 1.73. The van der Waals surface area contributed by atoms with Crippen LogP contribution in [0.1, 0.15) is 25.7 Å². The Morgan fingerprint density at radius 1 is 1.16 bits per heavy atom. The van der Waals surface area contributed by atoms with Crippen molar-refractivity contribution in [3.05, 3.63) is 24.5 Å². The first-order valence-corrected chi connectivity index (χ1v) is 6.93. The molecule has 0 bridgehead atoms. The van der Waals surface area contributed by atoms with Gasteiger partial charge in [0.2, 0.25) is 0 Å². The van der Waals surface area contributed by atoms with E-state index in [-0.39, 0.29) is 0 Å². The summed E-state index contributed by atoms with van der Waals surface area (Å²) in [7, 11) is 0. The van der Waals surface area contributed by atoms with Crippen LogP contribution >= 0.6 is 0 Å². The third kappa shape index (κ3) is 2.51. The maximum Gasteiger partial charge on any atom is 0.180 e. The van der Waals surface area contributed by atoms with E-state index < -0.39 is 0 Å². The van der Waals surface area contributed by atoms with Gasteiger partial charge in [0.1, 0.15) is 11.3 Å². The lowest BCUT2D eigenvalue weighted by Crippen LogP contribution is -2.37. The molecule has 0 atom stereocenters. The third-order valence-corrected chi connectivity index (χ3v) is 3.75. The normalized spacial score (nSPS) is 16.1. The fraction of sp³-hybridized carbons (Fsp3) is 0.500. The van der Waals surface area contributed by atoms with Gasteiger partial charge in [-0.15, -0.1) is 0 Å². The summed E-state index contributed by atoms with van der Waals surface area (Å²) in [6.07, 6.45) is 8.46. The van der Waals surface area contributed by atoms with Gasteiger partial charge >= 0.3 is 0 Å². The summed E-state index contributed by atoms with van der Waals surface area (Å²) in [5.74, 6) is 0.977. The average Bonchev–Trinajstić information content (AvgIpc) is 2.98. The van der Waals surface area contributed by atoms with Crippen molar-refractivity contribution >= 4 is 17.0 Å². The van der Waals surface area contributed by atoms with Gasteiger partial charge in [-0.25, -0.2) is 9.97 Å². The van der Waals surface area contributed by atoms with Crippen molar-refractivity contribution in [3.63, 3.8) is 0 Å². The van der Waals surface area contributed by atoms with Crippen molar-refractivity contribution in [1.82, 2.24) is 15.0 Å². The highest BCUT2D eigenvalue weighted by atomic mass is 15.2. The van der Waals surface area contributed by atoms with Crippen molar-refractivity contribution < 1.29 is 0 Å². The molecule has 1 fully saturated rings. The number of hydrogen-bond acceptors (Lipinski definition) is 5. The van der Waals surface area contributed by atoms with E-state index >= 15 is 0 Å². The van der Waals surface area contributed by atoms with Crippen LogP contribution in [0, 0.1) is 0 Å². The van der Waals surface area contributed by atoms with Gasteiger partial charge in [0.15, 0.2) is 5.65 Å². The summed E-state index contributed by atoms with van der Waals surface area (Å²) in [5, 5.41) is 0. The molecule has 19 heavy (non-hydrogen) atoms. The second kappa shape index (κ2) is 5.48. The van der Waals surface area contributed by atoms with Crippen LogP contribution in [0.2, 0.25) is 0 Å². The van der Waals surface area contributed by atoms with Crippen LogP contribution in [0.5, 0.6) is 0 Å². The molecule has 2 heterocycles. The van der Waals surface area contributed by atoms with Crippen molar-refractivity contribution in [2.75, 3.05) is 18.0 Å². The minimum Gasteiger partial charge on any atom is -0.352 e. The summed E-state index contributed by atoms with van der Waals surface area (Å²) in [6.45, 7) is 1.50. The zero-order valence-electron chi connectivity index (χ0n) is 11.0. The molecule has 0 saturated heterocycles. The zero-order valence-corrected chi connectivity index (χ0v) is 11.0. The third-order valence-electron chi connectivity index (χ3n) is 3.75. The molecule has 1 saturated carbocycles. The molecular formula is C14H19N5.